The summed E-state index contributed by atoms with van der Waals surface area (Å²) >= 11 is 0. The van der Waals surface area contributed by atoms with Gasteiger partial charge in [0.1, 0.15) is 19.3 Å². The maximum atomic E-state index is 12.5. The number of likely N-dealkylation sites (N-methyl/N-ethyl adjacent to an activating group) is 1. The molecule has 0 saturated carbocycles. The first-order valence-electron chi connectivity index (χ1n) is 12.1. The maximum absolute atomic E-state index is 12.5. The van der Waals surface area contributed by atoms with Crippen molar-refractivity contribution in [2.45, 2.75) is 83.7 Å². The van der Waals surface area contributed by atoms with E-state index in [1.165, 1.54) is 71.3 Å². The van der Waals surface area contributed by atoms with Crippen LogP contribution in [0, 0.1) is 0 Å². The van der Waals surface area contributed by atoms with Gasteiger partial charge in [-0.3, -0.25) is 13.6 Å². The van der Waals surface area contributed by atoms with Gasteiger partial charge in [0.05, 0.1) is 34.4 Å². The fourth-order valence-electron chi connectivity index (χ4n) is 3.01. The van der Waals surface area contributed by atoms with Gasteiger partial charge in [-0.15, -0.1) is 0 Å². The first-order valence-corrected chi connectivity index (χ1v) is 13.6. The number of phosphoric ester groups is 1. The highest BCUT2D eigenvalue weighted by atomic mass is 31.2. The van der Waals surface area contributed by atoms with Crippen LogP contribution in [-0.4, -0.2) is 78.9 Å². The van der Waals surface area contributed by atoms with Crippen molar-refractivity contribution in [1.82, 2.24) is 0 Å². The molecule has 0 saturated heterocycles. The standard InChI is InChI=1S/C23H51NO6P/c1-7-8-9-10-11-12-13-14-15-16-17-19-28-21-23(26-5)22-30-31(25,27-6)29-20-18-24(2,3)4/h23H,7-22H2,1-6H3/q+1. The van der Waals surface area contributed by atoms with Crippen LogP contribution in [0.5, 0.6) is 0 Å². The van der Waals surface area contributed by atoms with Crippen molar-refractivity contribution in [3.05, 3.63) is 0 Å². The highest BCUT2D eigenvalue weighted by Gasteiger charge is 2.27. The lowest BCUT2D eigenvalue weighted by atomic mass is 10.1. The lowest BCUT2D eigenvalue weighted by molar-refractivity contribution is -0.870. The van der Waals surface area contributed by atoms with E-state index < -0.39 is 7.82 Å². The van der Waals surface area contributed by atoms with Crippen LogP contribution in [0.25, 0.3) is 0 Å². The van der Waals surface area contributed by atoms with Crippen molar-refractivity contribution in [2.24, 2.45) is 0 Å². The minimum atomic E-state index is -3.57. The fourth-order valence-corrected chi connectivity index (χ4v) is 3.95. The summed E-state index contributed by atoms with van der Waals surface area (Å²) in [5, 5.41) is 0. The molecule has 0 fully saturated rings. The summed E-state index contributed by atoms with van der Waals surface area (Å²) in [6.07, 6.45) is 14.2. The van der Waals surface area contributed by atoms with Crippen LogP contribution in [0.3, 0.4) is 0 Å². The predicted molar refractivity (Wildman–Crippen MR) is 127 cm³/mol. The van der Waals surface area contributed by atoms with E-state index in [-0.39, 0.29) is 12.7 Å². The average molecular weight is 469 g/mol. The van der Waals surface area contributed by atoms with E-state index in [2.05, 4.69) is 6.92 Å². The Bertz CT molecular complexity index is 444. The molecule has 0 aromatic carbocycles. The summed E-state index contributed by atoms with van der Waals surface area (Å²) in [7, 11) is 5.47. The zero-order valence-electron chi connectivity index (χ0n) is 21.2. The Morgan fingerprint density at radius 2 is 1.29 bits per heavy atom. The fraction of sp³-hybridized carbons (Fsp3) is 1.00. The molecule has 0 N–H and O–H groups in total. The highest BCUT2D eigenvalue weighted by molar-refractivity contribution is 7.48. The monoisotopic (exact) mass is 468 g/mol. The number of ether oxygens (including phenoxy) is 2. The average Bonchev–Trinajstić information content (AvgIpc) is 2.72. The van der Waals surface area contributed by atoms with Crippen molar-refractivity contribution < 1.29 is 32.1 Å². The number of hydrogen-bond donors (Lipinski definition) is 0. The molecule has 0 aromatic heterocycles. The zero-order chi connectivity index (χ0) is 23.4. The summed E-state index contributed by atoms with van der Waals surface area (Å²) in [6, 6.07) is 0. The normalized spacial score (nSPS) is 15.2. The van der Waals surface area contributed by atoms with Crippen LogP contribution in [0.4, 0.5) is 0 Å². The first kappa shape index (κ1) is 31.0. The molecule has 0 aromatic rings. The Hall–Kier alpha value is -0.0100. The third kappa shape index (κ3) is 20.3. The summed E-state index contributed by atoms with van der Waals surface area (Å²) in [6.45, 7) is 4.46. The Morgan fingerprint density at radius 3 is 1.77 bits per heavy atom. The second-order valence-corrected chi connectivity index (χ2v) is 11.0. The Morgan fingerprint density at radius 1 is 0.742 bits per heavy atom. The van der Waals surface area contributed by atoms with E-state index in [4.69, 9.17) is 23.0 Å². The summed E-state index contributed by atoms with van der Waals surface area (Å²) in [5.74, 6) is 0. The van der Waals surface area contributed by atoms with Gasteiger partial charge in [-0.2, -0.15) is 0 Å². The molecular formula is C23H51NO6P+. The van der Waals surface area contributed by atoms with Crippen molar-refractivity contribution >= 4 is 7.82 Å². The third-order valence-electron chi connectivity index (χ3n) is 5.18. The smallest absolute Gasteiger partial charge is 0.379 e. The number of hydrogen-bond acceptors (Lipinski definition) is 6. The zero-order valence-corrected chi connectivity index (χ0v) is 22.1. The van der Waals surface area contributed by atoms with Gasteiger partial charge in [0.2, 0.25) is 0 Å². The van der Waals surface area contributed by atoms with Crippen LogP contribution >= 0.6 is 7.82 Å². The molecule has 31 heavy (non-hydrogen) atoms. The predicted octanol–water partition coefficient (Wildman–Crippen LogP) is 5.82. The summed E-state index contributed by atoms with van der Waals surface area (Å²) in [4.78, 5) is 0. The van der Waals surface area contributed by atoms with Gasteiger partial charge in [-0.25, -0.2) is 4.57 Å². The SMILES string of the molecule is CCCCCCCCCCCCCOCC(COP(=O)(OC)OCC[N+](C)(C)C)OC. The Kier molecular flexibility index (Phi) is 19.5. The minimum absolute atomic E-state index is 0.101. The number of quaternary nitrogens is 1. The molecule has 2 unspecified atom stereocenters. The van der Waals surface area contributed by atoms with Gasteiger partial charge in [0.25, 0.3) is 0 Å². The largest absolute Gasteiger partial charge is 0.474 e. The van der Waals surface area contributed by atoms with Gasteiger partial charge >= 0.3 is 7.82 Å². The molecule has 0 rings (SSSR count). The van der Waals surface area contributed by atoms with E-state index in [0.29, 0.717) is 30.8 Å². The van der Waals surface area contributed by atoms with Crippen LogP contribution in [0.15, 0.2) is 0 Å². The van der Waals surface area contributed by atoms with Crippen molar-refractivity contribution in [3.8, 4) is 0 Å². The maximum Gasteiger partial charge on any atom is 0.474 e. The van der Waals surface area contributed by atoms with Gasteiger partial charge < -0.3 is 14.0 Å². The van der Waals surface area contributed by atoms with E-state index in [0.717, 1.165) is 6.42 Å². The molecule has 0 aliphatic heterocycles. The molecule has 2 atom stereocenters. The number of rotatable bonds is 23. The molecule has 0 radical (unpaired) electrons. The number of unbranched alkanes of at least 4 members (excludes halogenated alkanes) is 10. The lowest BCUT2D eigenvalue weighted by Gasteiger charge is -2.25. The van der Waals surface area contributed by atoms with Crippen LogP contribution in [-0.2, 0) is 27.6 Å². The molecule has 0 amide bonds. The van der Waals surface area contributed by atoms with E-state index in [1.54, 1.807) is 7.11 Å². The van der Waals surface area contributed by atoms with Gasteiger partial charge in [0.15, 0.2) is 0 Å². The highest BCUT2D eigenvalue weighted by Crippen LogP contribution is 2.48. The van der Waals surface area contributed by atoms with Crippen LogP contribution in [0.2, 0.25) is 0 Å². The Labute approximate surface area is 192 Å². The van der Waals surface area contributed by atoms with Gasteiger partial charge in [-0.1, -0.05) is 71.1 Å². The van der Waals surface area contributed by atoms with Crippen LogP contribution in [0.1, 0.15) is 77.6 Å². The molecule has 0 aliphatic rings. The molecule has 8 heteroatoms. The number of phosphoric acid groups is 1. The quantitative estimate of drug-likeness (QED) is 0.107. The van der Waals surface area contributed by atoms with E-state index >= 15 is 0 Å². The van der Waals surface area contributed by atoms with Crippen molar-refractivity contribution in [3.63, 3.8) is 0 Å². The summed E-state index contributed by atoms with van der Waals surface area (Å²) in [5.41, 5.74) is 0. The molecule has 0 bridgehead atoms. The summed E-state index contributed by atoms with van der Waals surface area (Å²) < 4.78 is 40.1. The van der Waals surface area contributed by atoms with E-state index in [9.17, 15) is 4.57 Å². The minimum Gasteiger partial charge on any atom is -0.379 e. The first-order chi connectivity index (χ1) is 14.8. The molecule has 0 heterocycles. The topological polar surface area (TPSA) is 63.2 Å². The number of methoxy groups -OCH3 is 1. The lowest BCUT2D eigenvalue weighted by Crippen LogP contribution is -2.37. The van der Waals surface area contributed by atoms with Crippen molar-refractivity contribution in [2.75, 3.05) is 68.3 Å². The molecule has 0 aliphatic carbocycles. The number of nitrogens with zero attached hydrogens (tertiary/aromatic N) is 1. The molecular weight excluding hydrogens is 417 g/mol. The molecule has 7 nitrogen and oxygen atoms in total. The van der Waals surface area contributed by atoms with Crippen LogP contribution < -0.4 is 0 Å². The molecule has 188 valence electrons. The molecule has 0 spiro atoms. The van der Waals surface area contributed by atoms with Crippen molar-refractivity contribution in [1.29, 1.82) is 0 Å². The second kappa shape index (κ2) is 19.5. The Balaban J connectivity index is 3.74. The third-order valence-corrected chi connectivity index (χ3v) is 6.59. The van der Waals surface area contributed by atoms with Gasteiger partial charge in [-0.05, 0) is 6.42 Å². The van der Waals surface area contributed by atoms with E-state index in [1.807, 2.05) is 21.1 Å². The second-order valence-electron chi connectivity index (χ2n) is 9.24. The van der Waals surface area contributed by atoms with Gasteiger partial charge in [0, 0.05) is 20.8 Å².